The number of anilines is 1. The molecule has 7 heteroatoms. The quantitative estimate of drug-likeness (QED) is 0.296. The van der Waals surface area contributed by atoms with Crippen LogP contribution < -0.4 is 10.2 Å². The smallest absolute Gasteiger partial charge is 0.174 e. The van der Waals surface area contributed by atoms with E-state index in [1.165, 1.54) is 11.1 Å². The molecule has 1 N–H and O–H groups in total. The molecule has 33 heavy (non-hydrogen) atoms. The van der Waals surface area contributed by atoms with Gasteiger partial charge in [-0.1, -0.05) is 35.5 Å². The summed E-state index contributed by atoms with van der Waals surface area (Å²) in [6.45, 7) is 4.23. The molecule has 0 spiro atoms. The van der Waals surface area contributed by atoms with E-state index in [9.17, 15) is 0 Å². The van der Waals surface area contributed by atoms with Gasteiger partial charge in [0.05, 0.1) is 11.7 Å². The first-order valence-corrected chi connectivity index (χ1v) is 12.2. The molecule has 166 valence electrons. The molecule has 4 aromatic rings. The van der Waals surface area contributed by atoms with Crippen LogP contribution in [0.1, 0.15) is 34.7 Å². The van der Waals surface area contributed by atoms with Gasteiger partial charge in [0.15, 0.2) is 10.2 Å². The minimum absolute atomic E-state index is 0.139. The van der Waals surface area contributed by atoms with Gasteiger partial charge in [0.25, 0.3) is 0 Å². The molecule has 0 radical (unpaired) electrons. The third-order valence-corrected chi connectivity index (χ3v) is 7.29. The Bertz CT molecular complexity index is 1290. The van der Waals surface area contributed by atoms with Gasteiger partial charge in [-0.2, -0.15) is 0 Å². The van der Waals surface area contributed by atoms with Crippen LogP contribution in [0.5, 0.6) is 0 Å². The van der Waals surface area contributed by atoms with Crippen molar-refractivity contribution in [2.24, 2.45) is 0 Å². The van der Waals surface area contributed by atoms with E-state index >= 15 is 0 Å². The molecule has 0 aliphatic carbocycles. The van der Waals surface area contributed by atoms with Gasteiger partial charge in [0, 0.05) is 21.8 Å². The Morgan fingerprint density at radius 3 is 2.55 bits per heavy atom. The van der Waals surface area contributed by atoms with Crippen molar-refractivity contribution in [3.05, 3.63) is 107 Å². The van der Waals surface area contributed by atoms with Crippen molar-refractivity contribution in [1.29, 1.82) is 0 Å². The number of aromatic nitrogens is 1. The summed E-state index contributed by atoms with van der Waals surface area (Å²) in [4.78, 5) is 7.80. The first-order chi connectivity index (χ1) is 16.0. The summed E-state index contributed by atoms with van der Waals surface area (Å²) in [5.41, 5.74) is 4.41. The molecule has 0 amide bonds. The average molecular weight is 492 g/mol. The van der Waals surface area contributed by atoms with Crippen LogP contribution >= 0.6 is 35.6 Å². The second kappa shape index (κ2) is 9.21. The van der Waals surface area contributed by atoms with Crippen molar-refractivity contribution in [2.75, 3.05) is 4.90 Å². The predicted octanol–water partition coefficient (Wildman–Crippen LogP) is 7.27. The largest absolute Gasteiger partial charge is 0.452 e. The van der Waals surface area contributed by atoms with E-state index in [-0.39, 0.29) is 12.1 Å². The van der Waals surface area contributed by atoms with Gasteiger partial charge >= 0.3 is 0 Å². The molecule has 1 aliphatic rings. The molecule has 2 atom stereocenters. The summed E-state index contributed by atoms with van der Waals surface area (Å²) in [5.74, 6) is 0.827. The number of furan rings is 1. The number of rotatable bonds is 5. The summed E-state index contributed by atoms with van der Waals surface area (Å²) in [5, 5.41) is 5.66. The van der Waals surface area contributed by atoms with E-state index in [1.54, 1.807) is 18.0 Å². The molecule has 0 bridgehead atoms. The molecule has 2 aromatic heterocycles. The van der Waals surface area contributed by atoms with E-state index in [2.05, 4.69) is 47.2 Å². The Balaban J connectivity index is 1.53. The summed E-state index contributed by atoms with van der Waals surface area (Å²) in [7, 11) is 0. The highest BCUT2D eigenvalue weighted by atomic mass is 35.5. The second-order valence-electron chi connectivity index (χ2n) is 7.98. The van der Waals surface area contributed by atoms with Crippen molar-refractivity contribution >= 4 is 46.4 Å². The van der Waals surface area contributed by atoms with Crippen molar-refractivity contribution in [3.8, 4) is 0 Å². The Labute approximate surface area is 208 Å². The lowest BCUT2D eigenvalue weighted by Crippen LogP contribution is -2.29. The Hall–Kier alpha value is -2.80. The zero-order valence-electron chi connectivity index (χ0n) is 18.2. The number of hydrogen-bond acceptors (Lipinski definition) is 4. The summed E-state index contributed by atoms with van der Waals surface area (Å²) in [6.07, 6.45) is 1.81. The maximum absolute atomic E-state index is 6.37. The fourth-order valence-corrected chi connectivity index (χ4v) is 5.21. The maximum Gasteiger partial charge on any atom is 0.174 e. The zero-order valence-corrected chi connectivity index (χ0v) is 20.5. The average Bonchev–Trinajstić information content (AvgIpc) is 3.42. The standard InChI is InChI=1S/C26H22ClN3OS2/c1-16-6-9-19(15-17(16)2)30-25(24(29-26(30)32)21-5-3-4-14-28-21)22-12-13-23(31-22)33-20-10-7-18(27)8-11-20/h3-15,24-25H,1-2H3,(H,29,32)/t24-,25-/m0/s1. The number of aryl methyl sites for hydroxylation is 2. The van der Waals surface area contributed by atoms with Crippen LogP contribution in [-0.2, 0) is 0 Å². The molecular formula is C26H22ClN3OS2. The SMILES string of the molecule is Cc1ccc(N2C(=S)N[C@@H](c3ccccn3)[C@@H]2c2ccc(Sc3ccc(Cl)cc3)o2)cc1C. The molecule has 3 heterocycles. The number of pyridine rings is 1. The molecule has 5 rings (SSSR count). The molecule has 1 aliphatic heterocycles. The van der Waals surface area contributed by atoms with Crippen molar-refractivity contribution in [3.63, 3.8) is 0 Å². The van der Waals surface area contributed by atoms with Crippen LogP contribution in [0.4, 0.5) is 5.69 Å². The lowest BCUT2D eigenvalue weighted by atomic mass is 10.0. The highest BCUT2D eigenvalue weighted by molar-refractivity contribution is 7.99. The molecule has 4 nitrogen and oxygen atoms in total. The zero-order chi connectivity index (χ0) is 22.9. The van der Waals surface area contributed by atoms with Crippen LogP contribution in [0.3, 0.4) is 0 Å². The van der Waals surface area contributed by atoms with E-state index in [4.69, 9.17) is 28.2 Å². The fraction of sp³-hybridized carbons (Fsp3) is 0.154. The topological polar surface area (TPSA) is 41.3 Å². The van der Waals surface area contributed by atoms with Crippen molar-refractivity contribution < 1.29 is 4.42 Å². The number of benzene rings is 2. The minimum Gasteiger partial charge on any atom is -0.452 e. The lowest BCUT2D eigenvalue weighted by Gasteiger charge is -2.26. The monoisotopic (exact) mass is 491 g/mol. The van der Waals surface area contributed by atoms with Crippen molar-refractivity contribution in [1.82, 2.24) is 10.3 Å². The fourth-order valence-electron chi connectivity index (χ4n) is 3.96. The van der Waals surface area contributed by atoms with Gasteiger partial charge in [-0.05, 0) is 97.9 Å². The Morgan fingerprint density at radius 2 is 1.82 bits per heavy atom. The number of hydrogen-bond donors (Lipinski definition) is 1. The van der Waals surface area contributed by atoms with Gasteiger partial charge in [-0.15, -0.1) is 0 Å². The Morgan fingerprint density at radius 1 is 1.00 bits per heavy atom. The first kappa shape index (κ1) is 22.0. The number of halogens is 1. The summed E-state index contributed by atoms with van der Waals surface area (Å²) in [6, 6.07) is 23.8. The predicted molar refractivity (Wildman–Crippen MR) is 138 cm³/mol. The number of nitrogens with zero attached hydrogens (tertiary/aromatic N) is 2. The van der Waals surface area contributed by atoms with Crippen LogP contribution in [0.25, 0.3) is 0 Å². The van der Waals surface area contributed by atoms with Crippen LogP contribution in [0.15, 0.2) is 93.4 Å². The maximum atomic E-state index is 6.37. The lowest BCUT2D eigenvalue weighted by molar-refractivity contribution is 0.383. The number of thiocarbonyl (C=S) groups is 1. The van der Waals surface area contributed by atoms with Gasteiger partial charge in [0.2, 0.25) is 0 Å². The van der Waals surface area contributed by atoms with E-state index in [0.717, 1.165) is 27.1 Å². The highest BCUT2D eigenvalue weighted by Gasteiger charge is 2.42. The molecule has 1 saturated heterocycles. The minimum atomic E-state index is -0.172. The molecule has 0 saturated carbocycles. The normalized spacial score (nSPS) is 17.9. The summed E-state index contributed by atoms with van der Waals surface area (Å²) >= 11 is 13.4. The first-order valence-electron chi connectivity index (χ1n) is 10.6. The molecular weight excluding hydrogens is 470 g/mol. The third-order valence-electron chi connectivity index (χ3n) is 5.79. The third kappa shape index (κ3) is 4.51. The van der Waals surface area contributed by atoms with Gasteiger partial charge in [-0.25, -0.2) is 0 Å². The van der Waals surface area contributed by atoms with E-state index in [0.29, 0.717) is 10.1 Å². The van der Waals surface area contributed by atoms with E-state index < -0.39 is 0 Å². The summed E-state index contributed by atoms with van der Waals surface area (Å²) < 4.78 is 6.37. The van der Waals surface area contributed by atoms with Gasteiger partial charge < -0.3 is 14.6 Å². The van der Waals surface area contributed by atoms with E-state index in [1.807, 2.05) is 54.6 Å². The molecule has 0 unspecified atom stereocenters. The molecule has 2 aromatic carbocycles. The molecule has 1 fully saturated rings. The Kier molecular flexibility index (Phi) is 6.15. The van der Waals surface area contributed by atoms with Crippen LogP contribution in [0.2, 0.25) is 5.02 Å². The number of nitrogens with one attached hydrogen (secondary N) is 1. The van der Waals surface area contributed by atoms with Crippen LogP contribution in [0, 0.1) is 13.8 Å². The highest BCUT2D eigenvalue weighted by Crippen LogP contribution is 2.43. The van der Waals surface area contributed by atoms with Gasteiger partial charge in [0.1, 0.15) is 11.8 Å². The second-order valence-corrected chi connectivity index (χ2v) is 9.88. The van der Waals surface area contributed by atoms with Gasteiger partial charge in [-0.3, -0.25) is 4.98 Å². The van der Waals surface area contributed by atoms with Crippen molar-refractivity contribution in [2.45, 2.75) is 35.9 Å². The van der Waals surface area contributed by atoms with Crippen LogP contribution in [-0.4, -0.2) is 10.1 Å².